The van der Waals surface area contributed by atoms with E-state index in [2.05, 4.69) is 39.3 Å². The van der Waals surface area contributed by atoms with Crippen LogP contribution in [0.4, 0.5) is 13.6 Å². The molecule has 0 spiro atoms. The highest BCUT2D eigenvalue weighted by atomic mass is 19.3. The maximum Gasteiger partial charge on any atom is 0.315 e. The molecule has 0 aliphatic rings. The van der Waals surface area contributed by atoms with Gasteiger partial charge in [-0.25, -0.2) is 24.0 Å². The fourth-order valence-corrected chi connectivity index (χ4v) is 3.52. The van der Waals surface area contributed by atoms with Crippen molar-refractivity contribution in [2.24, 2.45) is 0 Å². The highest BCUT2D eigenvalue weighted by molar-refractivity contribution is 5.98. The smallest absolute Gasteiger partial charge is 0.315 e. The van der Waals surface area contributed by atoms with Crippen molar-refractivity contribution in [1.29, 1.82) is 0 Å². The molecule has 0 aliphatic heterocycles. The summed E-state index contributed by atoms with van der Waals surface area (Å²) in [5, 5.41) is 15.2. The average molecular weight is 549 g/mol. The molecule has 0 saturated heterocycles. The lowest BCUT2D eigenvalue weighted by atomic mass is 9.91. The Balaban J connectivity index is 1.66. The summed E-state index contributed by atoms with van der Waals surface area (Å²) in [6, 6.07) is 10.5. The number of urea groups is 1. The third kappa shape index (κ3) is 7.66. The molecular weight excluding hydrogens is 522 g/mol. The van der Waals surface area contributed by atoms with Gasteiger partial charge in [0.1, 0.15) is 11.6 Å². The first kappa shape index (κ1) is 29.4. The van der Waals surface area contributed by atoms with Crippen molar-refractivity contribution in [3.63, 3.8) is 0 Å². The van der Waals surface area contributed by atoms with Crippen molar-refractivity contribution in [2.75, 3.05) is 7.05 Å². The van der Waals surface area contributed by atoms with Crippen LogP contribution in [0, 0.1) is 23.7 Å². The Bertz CT molecular complexity index is 1450. The SMILES string of the molecule is CNC(=O)NC(C)(C(F)F)C(NC(=O)c1ccc(C#CC#Cc2ccc(Cn3ccnc3)cc2)cc1)C(=O)NO. The molecule has 206 valence electrons. The largest absolute Gasteiger partial charge is 0.341 e. The monoisotopic (exact) mass is 548 g/mol. The molecule has 0 saturated carbocycles. The van der Waals surface area contributed by atoms with Gasteiger partial charge in [-0.2, -0.15) is 0 Å². The summed E-state index contributed by atoms with van der Waals surface area (Å²) >= 11 is 0. The Morgan fingerprint density at radius 3 is 2.12 bits per heavy atom. The predicted octanol–water partition coefficient (Wildman–Crippen LogP) is 1.89. The number of hydroxylamine groups is 1. The summed E-state index contributed by atoms with van der Waals surface area (Å²) in [6.07, 6.45) is 2.05. The zero-order valence-electron chi connectivity index (χ0n) is 21.5. The summed E-state index contributed by atoms with van der Waals surface area (Å²) in [5.74, 6) is 9.04. The number of imidazole rings is 1. The van der Waals surface area contributed by atoms with E-state index < -0.39 is 35.9 Å². The first-order valence-electron chi connectivity index (χ1n) is 11.9. The second-order valence-corrected chi connectivity index (χ2v) is 8.68. The number of nitrogens with one attached hydrogen (secondary N) is 4. The lowest BCUT2D eigenvalue weighted by Gasteiger charge is -2.36. The molecule has 2 aromatic carbocycles. The van der Waals surface area contributed by atoms with Gasteiger partial charge in [-0.15, -0.1) is 0 Å². The topological polar surface area (TPSA) is 137 Å². The number of halogens is 2. The molecule has 0 fully saturated rings. The number of carbonyl (C=O) groups excluding carboxylic acids is 3. The van der Waals surface area contributed by atoms with Crippen LogP contribution in [0.1, 0.15) is 34.0 Å². The fourth-order valence-electron chi connectivity index (χ4n) is 3.52. The van der Waals surface area contributed by atoms with Gasteiger partial charge < -0.3 is 20.5 Å². The van der Waals surface area contributed by atoms with E-state index in [4.69, 9.17) is 5.21 Å². The van der Waals surface area contributed by atoms with E-state index in [9.17, 15) is 23.2 Å². The molecule has 0 aliphatic carbocycles. The van der Waals surface area contributed by atoms with Crippen molar-refractivity contribution in [3.05, 3.63) is 89.5 Å². The van der Waals surface area contributed by atoms with E-state index in [1.807, 2.05) is 40.3 Å². The number of carbonyl (C=O) groups is 3. The minimum absolute atomic E-state index is 0.0275. The zero-order valence-corrected chi connectivity index (χ0v) is 21.5. The first-order valence-corrected chi connectivity index (χ1v) is 11.9. The summed E-state index contributed by atoms with van der Waals surface area (Å²) in [7, 11) is 1.19. The van der Waals surface area contributed by atoms with E-state index >= 15 is 0 Å². The van der Waals surface area contributed by atoms with Crippen LogP contribution < -0.4 is 21.4 Å². The number of hydrogen-bond acceptors (Lipinski definition) is 5. The minimum Gasteiger partial charge on any atom is -0.341 e. The second kappa shape index (κ2) is 13.6. The molecule has 12 heteroatoms. The lowest BCUT2D eigenvalue weighted by molar-refractivity contribution is -0.135. The Hall–Kier alpha value is -5.20. The molecule has 4 amide bonds. The highest BCUT2D eigenvalue weighted by Crippen LogP contribution is 2.21. The molecule has 10 nitrogen and oxygen atoms in total. The van der Waals surface area contributed by atoms with Gasteiger partial charge in [-0.3, -0.25) is 14.8 Å². The van der Waals surface area contributed by atoms with Crippen LogP contribution in [0.3, 0.4) is 0 Å². The Morgan fingerprint density at radius 2 is 1.62 bits per heavy atom. The number of rotatable bonds is 8. The summed E-state index contributed by atoms with van der Waals surface area (Å²) in [5.41, 5.74) is 1.14. The fraction of sp³-hybridized carbons (Fsp3) is 0.214. The van der Waals surface area contributed by atoms with Gasteiger partial charge in [0, 0.05) is 42.7 Å². The van der Waals surface area contributed by atoms with E-state index in [1.54, 1.807) is 12.5 Å². The third-order valence-electron chi connectivity index (χ3n) is 5.81. The molecule has 40 heavy (non-hydrogen) atoms. The van der Waals surface area contributed by atoms with E-state index in [-0.39, 0.29) is 5.56 Å². The second-order valence-electron chi connectivity index (χ2n) is 8.68. The van der Waals surface area contributed by atoms with Crippen LogP contribution >= 0.6 is 0 Å². The normalized spacial score (nSPS) is 12.4. The standard InChI is InChI=1S/C28H26F2N6O4/c1-28(26(29)30,34-27(39)31-2)23(25(38)35-40)33-24(37)22-13-11-20(12-14-22)6-4-3-5-19-7-9-21(10-8-19)17-36-16-15-32-18-36/h7-16,18,23,26,40H,17H2,1-2H3,(H,33,37)(H,35,38)(H2,31,34,39). The van der Waals surface area contributed by atoms with E-state index in [1.165, 1.54) is 36.8 Å². The van der Waals surface area contributed by atoms with Crippen molar-refractivity contribution in [3.8, 4) is 23.7 Å². The van der Waals surface area contributed by atoms with E-state index in [0.29, 0.717) is 12.1 Å². The zero-order chi connectivity index (χ0) is 29.1. The third-order valence-corrected chi connectivity index (χ3v) is 5.81. The minimum atomic E-state index is -3.29. The summed E-state index contributed by atoms with van der Waals surface area (Å²) in [4.78, 5) is 40.6. The van der Waals surface area contributed by atoms with Crippen LogP contribution in [0.25, 0.3) is 0 Å². The quantitative estimate of drug-likeness (QED) is 0.166. The molecule has 2 unspecified atom stereocenters. The number of benzene rings is 2. The first-order chi connectivity index (χ1) is 19.2. The van der Waals surface area contributed by atoms with E-state index in [0.717, 1.165) is 18.1 Å². The van der Waals surface area contributed by atoms with Crippen molar-refractivity contribution in [2.45, 2.75) is 31.5 Å². The number of nitrogens with zero attached hydrogens (tertiary/aromatic N) is 2. The number of aromatic nitrogens is 2. The van der Waals surface area contributed by atoms with Crippen LogP contribution in [-0.2, 0) is 11.3 Å². The number of amides is 4. The molecule has 1 heterocycles. The maximum absolute atomic E-state index is 13.9. The molecular formula is C28H26F2N6O4. The number of hydrogen-bond donors (Lipinski definition) is 5. The van der Waals surface area contributed by atoms with Gasteiger partial charge >= 0.3 is 6.03 Å². The van der Waals surface area contributed by atoms with Gasteiger partial charge in [0.15, 0.2) is 0 Å². The Morgan fingerprint density at radius 1 is 1.02 bits per heavy atom. The predicted molar refractivity (Wildman–Crippen MR) is 141 cm³/mol. The molecule has 3 rings (SSSR count). The van der Waals surface area contributed by atoms with Crippen LogP contribution in [0.15, 0.2) is 67.3 Å². The van der Waals surface area contributed by atoms with Crippen LogP contribution in [0.5, 0.6) is 0 Å². The van der Waals surface area contributed by atoms with Gasteiger partial charge in [0.05, 0.1) is 6.33 Å². The maximum atomic E-state index is 13.9. The summed E-state index contributed by atoms with van der Waals surface area (Å²) < 4.78 is 29.7. The van der Waals surface area contributed by atoms with Gasteiger partial charge in [-0.05, 0) is 60.7 Å². The van der Waals surface area contributed by atoms with Gasteiger partial charge in [0.25, 0.3) is 18.2 Å². The Kier molecular flexibility index (Phi) is 9.95. The average Bonchev–Trinajstić information content (AvgIpc) is 3.47. The molecule has 0 bridgehead atoms. The molecule has 5 N–H and O–H groups in total. The van der Waals surface area contributed by atoms with Crippen molar-refractivity contribution in [1.82, 2.24) is 31.0 Å². The van der Waals surface area contributed by atoms with Crippen molar-refractivity contribution >= 4 is 17.8 Å². The number of alkyl halides is 2. The highest BCUT2D eigenvalue weighted by Gasteiger charge is 2.48. The Labute approximate surface area is 229 Å². The lowest BCUT2D eigenvalue weighted by Crippen LogP contribution is -2.69. The molecule has 0 radical (unpaired) electrons. The molecule has 3 aromatic rings. The van der Waals surface area contributed by atoms with Gasteiger partial charge in [0.2, 0.25) is 0 Å². The molecule has 1 aromatic heterocycles. The van der Waals surface area contributed by atoms with Crippen molar-refractivity contribution < 1.29 is 28.4 Å². The van der Waals surface area contributed by atoms with Crippen LogP contribution in [-0.4, -0.2) is 57.7 Å². The summed E-state index contributed by atoms with van der Waals surface area (Å²) in [6.45, 7) is 1.57. The molecule has 2 atom stereocenters. The van der Waals surface area contributed by atoms with Crippen LogP contribution in [0.2, 0.25) is 0 Å². The van der Waals surface area contributed by atoms with Gasteiger partial charge in [-0.1, -0.05) is 24.0 Å².